The van der Waals surface area contributed by atoms with Gasteiger partial charge < -0.3 is 4.42 Å². The van der Waals surface area contributed by atoms with Gasteiger partial charge in [0.1, 0.15) is 5.58 Å². The standard InChI is InChI=1S/C24H18N2O2/c27-24-20(15-18-11-7-8-14-23(18)28-24)21-16-22(17-9-3-1-4-10-17)26(25-21)19-12-5-2-6-13-19/h1-15,22H,16H2/t22-/m1/s1. The highest BCUT2D eigenvalue weighted by Crippen LogP contribution is 2.36. The van der Waals surface area contributed by atoms with Gasteiger partial charge in [-0.1, -0.05) is 66.7 Å². The molecule has 4 nitrogen and oxygen atoms in total. The molecule has 0 unspecified atom stereocenters. The Balaban J connectivity index is 1.62. The van der Waals surface area contributed by atoms with E-state index >= 15 is 0 Å². The summed E-state index contributed by atoms with van der Waals surface area (Å²) in [6, 6.07) is 29.8. The predicted octanol–water partition coefficient (Wildman–Crippen LogP) is 5.15. The number of hydrazone groups is 1. The van der Waals surface area contributed by atoms with Crippen LogP contribution in [0.5, 0.6) is 0 Å². The lowest BCUT2D eigenvalue weighted by Crippen LogP contribution is -2.18. The van der Waals surface area contributed by atoms with Crippen LogP contribution in [0.4, 0.5) is 5.69 Å². The number of nitrogens with zero attached hydrogens (tertiary/aromatic N) is 2. The van der Waals surface area contributed by atoms with Crippen LogP contribution in [0.15, 0.2) is 105 Å². The molecule has 1 atom stereocenters. The molecule has 0 bridgehead atoms. The summed E-state index contributed by atoms with van der Waals surface area (Å²) in [6.07, 6.45) is 0.641. The van der Waals surface area contributed by atoms with E-state index in [2.05, 4.69) is 12.1 Å². The fraction of sp³-hybridized carbons (Fsp3) is 0.0833. The molecule has 1 aromatic heterocycles. The van der Waals surface area contributed by atoms with Crippen molar-refractivity contribution < 1.29 is 4.42 Å². The van der Waals surface area contributed by atoms with Crippen molar-refractivity contribution >= 4 is 22.4 Å². The smallest absolute Gasteiger partial charge is 0.345 e. The monoisotopic (exact) mass is 366 g/mol. The van der Waals surface area contributed by atoms with E-state index in [1.165, 1.54) is 0 Å². The molecule has 5 rings (SSSR count). The zero-order chi connectivity index (χ0) is 18.9. The molecule has 0 amide bonds. The molecule has 0 saturated heterocycles. The third kappa shape index (κ3) is 2.89. The summed E-state index contributed by atoms with van der Waals surface area (Å²) >= 11 is 0. The summed E-state index contributed by atoms with van der Waals surface area (Å²) in [4.78, 5) is 12.6. The molecule has 1 aliphatic heterocycles. The van der Waals surface area contributed by atoms with E-state index in [4.69, 9.17) is 9.52 Å². The minimum absolute atomic E-state index is 0.0319. The minimum Gasteiger partial charge on any atom is -0.422 e. The molecule has 3 aromatic carbocycles. The zero-order valence-corrected chi connectivity index (χ0v) is 15.2. The number of hydrogen-bond acceptors (Lipinski definition) is 4. The lowest BCUT2D eigenvalue weighted by atomic mass is 9.98. The first-order valence-corrected chi connectivity index (χ1v) is 9.29. The third-order valence-electron chi connectivity index (χ3n) is 5.07. The summed E-state index contributed by atoms with van der Waals surface area (Å²) in [5.74, 6) is 0. The molecule has 0 N–H and O–H groups in total. The maximum absolute atomic E-state index is 12.6. The van der Waals surface area contributed by atoms with Gasteiger partial charge >= 0.3 is 5.63 Å². The van der Waals surface area contributed by atoms with Gasteiger partial charge in [0.15, 0.2) is 0 Å². The number of para-hydroxylation sites is 2. The second-order valence-electron chi connectivity index (χ2n) is 6.84. The van der Waals surface area contributed by atoms with E-state index in [0.29, 0.717) is 17.6 Å². The Bertz CT molecular complexity index is 1210. The largest absolute Gasteiger partial charge is 0.422 e. The molecule has 4 aromatic rings. The van der Waals surface area contributed by atoms with E-state index in [1.54, 1.807) is 6.07 Å². The molecule has 4 heteroatoms. The van der Waals surface area contributed by atoms with Gasteiger partial charge in [-0.15, -0.1) is 0 Å². The van der Waals surface area contributed by atoms with Crippen LogP contribution in [0.25, 0.3) is 11.0 Å². The van der Waals surface area contributed by atoms with E-state index in [-0.39, 0.29) is 11.7 Å². The Morgan fingerprint density at radius 3 is 2.32 bits per heavy atom. The van der Waals surface area contributed by atoms with Crippen molar-refractivity contribution in [3.8, 4) is 0 Å². The number of benzene rings is 3. The van der Waals surface area contributed by atoms with Gasteiger partial charge in [-0.3, -0.25) is 5.01 Å². The predicted molar refractivity (Wildman–Crippen MR) is 112 cm³/mol. The molecule has 28 heavy (non-hydrogen) atoms. The Kier molecular flexibility index (Phi) is 4.02. The molecular formula is C24H18N2O2. The summed E-state index contributed by atoms with van der Waals surface area (Å²) in [6.45, 7) is 0. The van der Waals surface area contributed by atoms with Gasteiger partial charge in [-0.05, 0) is 29.8 Å². The lowest BCUT2D eigenvalue weighted by Gasteiger charge is -2.23. The van der Waals surface area contributed by atoms with Crippen LogP contribution in [0.3, 0.4) is 0 Å². The van der Waals surface area contributed by atoms with Gasteiger partial charge in [0.25, 0.3) is 0 Å². The highest BCUT2D eigenvalue weighted by molar-refractivity contribution is 6.04. The molecule has 136 valence electrons. The van der Waals surface area contributed by atoms with Gasteiger partial charge in [0, 0.05) is 11.8 Å². The second kappa shape index (κ2) is 6.82. The van der Waals surface area contributed by atoms with Crippen LogP contribution in [-0.2, 0) is 0 Å². The highest BCUT2D eigenvalue weighted by atomic mass is 16.4. The van der Waals surface area contributed by atoms with Crippen LogP contribution in [0, 0.1) is 0 Å². The maximum atomic E-state index is 12.6. The molecule has 0 radical (unpaired) electrons. The highest BCUT2D eigenvalue weighted by Gasteiger charge is 2.31. The van der Waals surface area contributed by atoms with Crippen LogP contribution in [0.2, 0.25) is 0 Å². The van der Waals surface area contributed by atoms with E-state index < -0.39 is 0 Å². The quantitative estimate of drug-likeness (QED) is 0.471. The Morgan fingerprint density at radius 2 is 1.54 bits per heavy atom. The van der Waals surface area contributed by atoms with Crippen LogP contribution < -0.4 is 10.6 Å². The van der Waals surface area contributed by atoms with Crippen molar-refractivity contribution in [2.45, 2.75) is 12.5 Å². The Hall–Kier alpha value is -3.66. The summed E-state index contributed by atoms with van der Waals surface area (Å²) < 4.78 is 5.53. The molecule has 2 heterocycles. The minimum atomic E-state index is -0.348. The van der Waals surface area contributed by atoms with Crippen molar-refractivity contribution in [2.75, 3.05) is 5.01 Å². The first-order chi connectivity index (χ1) is 13.8. The topological polar surface area (TPSA) is 45.8 Å². The first kappa shape index (κ1) is 16.5. The van der Waals surface area contributed by atoms with Gasteiger partial charge in [0.05, 0.1) is 23.0 Å². The average Bonchev–Trinajstić information content (AvgIpc) is 3.20. The summed E-state index contributed by atoms with van der Waals surface area (Å²) in [7, 11) is 0. The van der Waals surface area contributed by atoms with Crippen molar-refractivity contribution in [3.05, 3.63) is 113 Å². The fourth-order valence-electron chi connectivity index (χ4n) is 3.69. The Labute approximate surface area is 162 Å². The van der Waals surface area contributed by atoms with Crippen molar-refractivity contribution in [3.63, 3.8) is 0 Å². The molecule has 0 spiro atoms. The molecule has 0 saturated carbocycles. The van der Waals surface area contributed by atoms with Gasteiger partial charge in [-0.2, -0.15) is 5.10 Å². The van der Waals surface area contributed by atoms with E-state index in [0.717, 1.165) is 22.3 Å². The first-order valence-electron chi connectivity index (χ1n) is 9.29. The van der Waals surface area contributed by atoms with Gasteiger partial charge in [0.2, 0.25) is 0 Å². The van der Waals surface area contributed by atoms with Crippen molar-refractivity contribution in [1.82, 2.24) is 0 Å². The molecule has 0 aliphatic carbocycles. The molecular weight excluding hydrogens is 348 g/mol. The number of hydrogen-bond donors (Lipinski definition) is 0. The summed E-state index contributed by atoms with van der Waals surface area (Å²) in [5.41, 5.74) is 3.68. The maximum Gasteiger partial charge on any atom is 0.345 e. The van der Waals surface area contributed by atoms with Crippen LogP contribution in [-0.4, -0.2) is 5.71 Å². The molecule has 0 fully saturated rings. The van der Waals surface area contributed by atoms with E-state index in [1.807, 2.05) is 77.8 Å². The number of anilines is 1. The zero-order valence-electron chi connectivity index (χ0n) is 15.2. The second-order valence-corrected chi connectivity index (χ2v) is 6.84. The number of fused-ring (bicyclic) bond motifs is 1. The van der Waals surface area contributed by atoms with E-state index in [9.17, 15) is 4.79 Å². The average molecular weight is 366 g/mol. The lowest BCUT2D eigenvalue weighted by molar-refractivity contribution is 0.559. The number of rotatable bonds is 3. The van der Waals surface area contributed by atoms with Crippen molar-refractivity contribution in [1.29, 1.82) is 0 Å². The normalized spacial score (nSPS) is 16.4. The SMILES string of the molecule is O=c1oc2ccccc2cc1C1=NN(c2ccccc2)[C@@H](c2ccccc2)C1. The van der Waals surface area contributed by atoms with Gasteiger partial charge in [-0.25, -0.2) is 4.79 Å². The van der Waals surface area contributed by atoms with Crippen LogP contribution in [0.1, 0.15) is 23.6 Å². The fourth-order valence-corrected chi connectivity index (χ4v) is 3.69. The van der Waals surface area contributed by atoms with Crippen LogP contribution >= 0.6 is 0 Å². The molecule has 1 aliphatic rings. The summed E-state index contributed by atoms with van der Waals surface area (Å²) in [5, 5.41) is 7.74. The van der Waals surface area contributed by atoms with Crippen molar-refractivity contribution in [2.24, 2.45) is 5.10 Å². The Morgan fingerprint density at radius 1 is 0.857 bits per heavy atom. The third-order valence-corrected chi connectivity index (χ3v) is 5.07.